The van der Waals surface area contributed by atoms with Crippen molar-refractivity contribution < 1.29 is 9.18 Å². The number of amides is 1. The van der Waals surface area contributed by atoms with Crippen LogP contribution in [0.3, 0.4) is 0 Å². The number of rotatable bonds is 6. The number of hydrogen-bond donors (Lipinski definition) is 1. The number of nitrogens with one attached hydrogen (secondary N) is 1. The third kappa shape index (κ3) is 4.94. The first kappa shape index (κ1) is 15.4. The second kappa shape index (κ2) is 7.74. The first-order valence-electron chi connectivity index (χ1n) is 5.87. The van der Waals surface area contributed by atoms with E-state index in [1.165, 1.54) is 12.1 Å². The van der Waals surface area contributed by atoms with Crippen molar-refractivity contribution in [3.05, 3.63) is 34.1 Å². The fourth-order valence-corrected chi connectivity index (χ4v) is 2.40. The molecule has 0 aliphatic rings. The highest BCUT2D eigenvalue weighted by atomic mass is 79.9. The smallest absolute Gasteiger partial charge is 0.251 e. The minimum Gasteiger partial charge on any atom is -0.352 e. The van der Waals surface area contributed by atoms with Gasteiger partial charge in [-0.15, -0.1) is 11.6 Å². The molecule has 1 rings (SSSR count). The summed E-state index contributed by atoms with van der Waals surface area (Å²) < 4.78 is 13.7. The predicted molar refractivity (Wildman–Crippen MR) is 75.6 cm³/mol. The monoisotopic (exact) mass is 335 g/mol. The van der Waals surface area contributed by atoms with Crippen molar-refractivity contribution in [1.29, 1.82) is 0 Å². The van der Waals surface area contributed by atoms with Crippen molar-refractivity contribution >= 4 is 33.4 Å². The standard InChI is InChI=1S/C13H16BrClFNO/c1-2-9(3-4-15)8-17-13(18)10-5-11(14)7-12(16)6-10/h5-7,9H,2-4,8H2,1H3,(H,17,18). The van der Waals surface area contributed by atoms with Gasteiger partial charge in [-0.2, -0.15) is 0 Å². The SMILES string of the molecule is CCC(CCCl)CNC(=O)c1cc(F)cc(Br)c1. The van der Waals surface area contributed by atoms with E-state index in [-0.39, 0.29) is 5.91 Å². The number of carbonyl (C=O) groups excluding carboxylic acids is 1. The lowest BCUT2D eigenvalue weighted by Crippen LogP contribution is -2.29. The Labute approximate surface area is 120 Å². The maximum Gasteiger partial charge on any atom is 0.251 e. The molecule has 18 heavy (non-hydrogen) atoms. The molecule has 1 unspecified atom stereocenters. The van der Waals surface area contributed by atoms with Crippen LogP contribution in [0.2, 0.25) is 0 Å². The second-order valence-electron chi connectivity index (χ2n) is 4.12. The van der Waals surface area contributed by atoms with Crippen molar-refractivity contribution in [1.82, 2.24) is 5.32 Å². The van der Waals surface area contributed by atoms with E-state index < -0.39 is 5.82 Å². The van der Waals surface area contributed by atoms with E-state index in [4.69, 9.17) is 11.6 Å². The van der Waals surface area contributed by atoms with Crippen molar-refractivity contribution in [3.8, 4) is 0 Å². The molecule has 0 fully saturated rings. The normalized spacial score (nSPS) is 12.2. The molecule has 0 aliphatic carbocycles. The van der Waals surface area contributed by atoms with E-state index in [2.05, 4.69) is 28.2 Å². The quantitative estimate of drug-likeness (QED) is 0.782. The van der Waals surface area contributed by atoms with E-state index >= 15 is 0 Å². The van der Waals surface area contributed by atoms with Crippen LogP contribution in [-0.4, -0.2) is 18.3 Å². The van der Waals surface area contributed by atoms with E-state index in [1.807, 2.05) is 0 Å². The number of carbonyl (C=O) groups is 1. The van der Waals surface area contributed by atoms with E-state index in [1.54, 1.807) is 6.07 Å². The molecule has 100 valence electrons. The van der Waals surface area contributed by atoms with Crippen molar-refractivity contribution in [2.24, 2.45) is 5.92 Å². The highest BCUT2D eigenvalue weighted by Gasteiger charge is 2.11. The summed E-state index contributed by atoms with van der Waals surface area (Å²) in [5.74, 6) is 0.258. The van der Waals surface area contributed by atoms with Gasteiger partial charge in [-0.1, -0.05) is 29.3 Å². The molecule has 1 aromatic carbocycles. The summed E-state index contributed by atoms with van der Waals surface area (Å²) in [6.45, 7) is 2.62. The molecule has 0 heterocycles. The molecule has 1 amide bonds. The average Bonchev–Trinajstić information content (AvgIpc) is 2.32. The lowest BCUT2D eigenvalue weighted by atomic mass is 10.0. The lowest BCUT2D eigenvalue weighted by Gasteiger charge is -2.14. The lowest BCUT2D eigenvalue weighted by molar-refractivity contribution is 0.0946. The Bertz CT molecular complexity index is 394. The summed E-state index contributed by atoms with van der Waals surface area (Å²) in [5, 5.41) is 2.80. The molecule has 1 N–H and O–H groups in total. The highest BCUT2D eigenvalue weighted by Crippen LogP contribution is 2.15. The van der Waals surface area contributed by atoms with Gasteiger partial charge in [0, 0.05) is 22.5 Å². The van der Waals surface area contributed by atoms with Gasteiger partial charge in [0.25, 0.3) is 5.91 Å². The van der Waals surface area contributed by atoms with Gasteiger partial charge in [0.15, 0.2) is 0 Å². The predicted octanol–water partition coefficient (Wildman–Crippen LogP) is 3.97. The summed E-state index contributed by atoms with van der Waals surface area (Å²) in [5.41, 5.74) is 0.322. The van der Waals surface area contributed by atoms with Crippen molar-refractivity contribution in [2.75, 3.05) is 12.4 Å². The zero-order valence-electron chi connectivity index (χ0n) is 10.2. The molecule has 0 aliphatic heterocycles. The summed E-state index contributed by atoms with van der Waals surface area (Å²) in [6.07, 6.45) is 1.82. The average molecular weight is 337 g/mol. The Morgan fingerprint density at radius 3 is 2.78 bits per heavy atom. The molecule has 0 spiro atoms. The molecular weight excluding hydrogens is 321 g/mol. The van der Waals surface area contributed by atoms with Gasteiger partial charge in [-0.3, -0.25) is 4.79 Å². The fraction of sp³-hybridized carbons (Fsp3) is 0.462. The number of benzene rings is 1. The first-order valence-corrected chi connectivity index (χ1v) is 7.19. The minimum absolute atomic E-state index is 0.261. The van der Waals surface area contributed by atoms with Crippen LogP contribution in [0.1, 0.15) is 30.1 Å². The Morgan fingerprint density at radius 2 is 2.22 bits per heavy atom. The molecular formula is C13H16BrClFNO. The zero-order valence-corrected chi connectivity index (χ0v) is 12.5. The first-order chi connectivity index (χ1) is 8.56. The van der Waals surface area contributed by atoms with Gasteiger partial charge in [0.1, 0.15) is 5.82 Å². The molecule has 5 heteroatoms. The van der Waals surface area contributed by atoms with Crippen LogP contribution in [0, 0.1) is 11.7 Å². The van der Waals surface area contributed by atoms with Gasteiger partial charge in [-0.25, -0.2) is 4.39 Å². The van der Waals surface area contributed by atoms with E-state index in [0.717, 1.165) is 12.8 Å². The van der Waals surface area contributed by atoms with Crippen LogP contribution in [0.4, 0.5) is 4.39 Å². The molecule has 0 saturated carbocycles. The molecule has 1 atom stereocenters. The molecule has 0 saturated heterocycles. The van der Waals surface area contributed by atoms with Gasteiger partial charge in [0.2, 0.25) is 0 Å². The van der Waals surface area contributed by atoms with Crippen LogP contribution >= 0.6 is 27.5 Å². The third-order valence-corrected chi connectivity index (χ3v) is 3.45. The molecule has 2 nitrogen and oxygen atoms in total. The maximum atomic E-state index is 13.1. The Hall–Kier alpha value is -0.610. The van der Waals surface area contributed by atoms with Crippen LogP contribution in [0.5, 0.6) is 0 Å². The highest BCUT2D eigenvalue weighted by molar-refractivity contribution is 9.10. The number of halogens is 3. The topological polar surface area (TPSA) is 29.1 Å². The number of alkyl halides is 1. The summed E-state index contributed by atoms with van der Waals surface area (Å²) in [4.78, 5) is 11.8. The Kier molecular flexibility index (Phi) is 6.65. The Balaban J connectivity index is 2.59. The van der Waals surface area contributed by atoms with Gasteiger partial charge in [-0.05, 0) is 30.5 Å². The van der Waals surface area contributed by atoms with Crippen molar-refractivity contribution in [3.63, 3.8) is 0 Å². The summed E-state index contributed by atoms with van der Waals surface area (Å²) in [7, 11) is 0. The largest absolute Gasteiger partial charge is 0.352 e. The van der Waals surface area contributed by atoms with Crippen LogP contribution in [-0.2, 0) is 0 Å². The molecule has 0 radical (unpaired) electrons. The van der Waals surface area contributed by atoms with Crippen LogP contribution in [0.25, 0.3) is 0 Å². The van der Waals surface area contributed by atoms with Crippen LogP contribution < -0.4 is 5.32 Å². The molecule has 1 aromatic rings. The third-order valence-electron chi connectivity index (χ3n) is 2.77. The molecule has 0 aromatic heterocycles. The van der Waals surface area contributed by atoms with Crippen LogP contribution in [0.15, 0.2) is 22.7 Å². The van der Waals surface area contributed by atoms with Gasteiger partial charge in [0.05, 0.1) is 0 Å². The summed E-state index contributed by atoms with van der Waals surface area (Å²) in [6, 6.07) is 4.14. The fourth-order valence-electron chi connectivity index (χ4n) is 1.63. The maximum absolute atomic E-state index is 13.1. The molecule has 0 bridgehead atoms. The minimum atomic E-state index is -0.428. The Morgan fingerprint density at radius 1 is 1.50 bits per heavy atom. The second-order valence-corrected chi connectivity index (χ2v) is 5.41. The van der Waals surface area contributed by atoms with Gasteiger partial charge >= 0.3 is 0 Å². The number of hydrogen-bond acceptors (Lipinski definition) is 1. The summed E-state index contributed by atoms with van der Waals surface area (Å²) >= 11 is 8.84. The van der Waals surface area contributed by atoms with E-state index in [0.29, 0.717) is 28.4 Å². The van der Waals surface area contributed by atoms with E-state index in [9.17, 15) is 9.18 Å². The van der Waals surface area contributed by atoms with Gasteiger partial charge < -0.3 is 5.32 Å². The zero-order chi connectivity index (χ0) is 13.5. The van der Waals surface area contributed by atoms with Crippen molar-refractivity contribution in [2.45, 2.75) is 19.8 Å².